The lowest BCUT2D eigenvalue weighted by Gasteiger charge is -2.18. The molecule has 1 fully saturated rings. The van der Waals surface area contributed by atoms with Crippen LogP contribution in [0.2, 0.25) is 5.02 Å². The van der Waals surface area contributed by atoms with Crippen molar-refractivity contribution in [1.29, 1.82) is 0 Å². The highest BCUT2D eigenvalue weighted by atomic mass is 35.5. The predicted octanol–water partition coefficient (Wildman–Crippen LogP) is 5.54. The number of amides is 1. The summed E-state index contributed by atoms with van der Waals surface area (Å²) >= 11 is 6.28. The van der Waals surface area contributed by atoms with Gasteiger partial charge in [-0.05, 0) is 42.5 Å². The van der Waals surface area contributed by atoms with Crippen molar-refractivity contribution in [1.82, 2.24) is 9.55 Å². The van der Waals surface area contributed by atoms with Crippen LogP contribution in [0, 0.1) is 11.6 Å². The van der Waals surface area contributed by atoms with Crippen LogP contribution in [0.15, 0.2) is 66.7 Å². The van der Waals surface area contributed by atoms with E-state index in [-0.39, 0.29) is 30.6 Å². The second-order valence-corrected chi connectivity index (χ2v) is 8.04. The Morgan fingerprint density at radius 3 is 2.65 bits per heavy atom. The second-order valence-electron chi connectivity index (χ2n) is 7.63. The van der Waals surface area contributed by atoms with Crippen molar-refractivity contribution in [2.24, 2.45) is 0 Å². The van der Waals surface area contributed by atoms with E-state index >= 15 is 0 Å². The number of rotatable bonds is 4. The zero-order valence-corrected chi connectivity index (χ0v) is 17.2. The van der Waals surface area contributed by atoms with Crippen LogP contribution < -0.4 is 4.90 Å². The Bertz CT molecular complexity index is 1280. The Kier molecular flexibility index (Phi) is 4.94. The van der Waals surface area contributed by atoms with Crippen LogP contribution in [-0.4, -0.2) is 22.0 Å². The maximum absolute atomic E-state index is 14.5. The first-order chi connectivity index (χ1) is 15.0. The minimum absolute atomic E-state index is 0.0990. The number of para-hydroxylation sites is 2. The molecule has 2 heterocycles. The summed E-state index contributed by atoms with van der Waals surface area (Å²) in [4.78, 5) is 19.1. The van der Waals surface area contributed by atoms with Crippen LogP contribution in [0.25, 0.3) is 11.0 Å². The van der Waals surface area contributed by atoms with E-state index in [9.17, 15) is 13.6 Å². The van der Waals surface area contributed by atoms with Gasteiger partial charge in [0.2, 0.25) is 5.91 Å². The first-order valence-electron chi connectivity index (χ1n) is 9.95. The van der Waals surface area contributed by atoms with Gasteiger partial charge in [-0.25, -0.2) is 13.8 Å². The fraction of sp³-hybridized carbons (Fsp3) is 0.167. The molecule has 4 nitrogen and oxygen atoms in total. The van der Waals surface area contributed by atoms with Crippen molar-refractivity contribution in [2.45, 2.75) is 18.9 Å². The van der Waals surface area contributed by atoms with Gasteiger partial charge in [-0.15, -0.1) is 0 Å². The Labute approximate surface area is 182 Å². The topological polar surface area (TPSA) is 38.1 Å². The van der Waals surface area contributed by atoms with Crippen molar-refractivity contribution in [3.8, 4) is 0 Å². The molecule has 1 saturated heterocycles. The van der Waals surface area contributed by atoms with Crippen molar-refractivity contribution in [3.05, 3.63) is 94.8 Å². The summed E-state index contributed by atoms with van der Waals surface area (Å²) in [6, 6.07) is 18.2. The number of carbonyl (C=O) groups is 1. The van der Waals surface area contributed by atoms with Gasteiger partial charge in [0, 0.05) is 35.2 Å². The molecule has 0 saturated carbocycles. The molecule has 1 amide bonds. The molecule has 4 aromatic rings. The van der Waals surface area contributed by atoms with Crippen LogP contribution in [0.5, 0.6) is 0 Å². The summed E-state index contributed by atoms with van der Waals surface area (Å²) in [6.45, 7) is 0.572. The van der Waals surface area contributed by atoms with Crippen LogP contribution >= 0.6 is 11.6 Å². The van der Waals surface area contributed by atoms with Crippen molar-refractivity contribution >= 4 is 34.2 Å². The highest BCUT2D eigenvalue weighted by Gasteiger charge is 2.35. The number of carbonyl (C=O) groups excluding carboxylic acids is 1. The first-order valence-corrected chi connectivity index (χ1v) is 10.3. The van der Waals surface area contributed by atoms with Crippen LogP contribution in [0.4, 0.5) is 14.5 Å². The number of halogens is 3. The predicted molar refractivity (Wildman–Crippen MR) is 116 cm³/mol. The molecule has 0 bridgehead atoms. The second kappa shape index (κ2) is 7.78. The number of hydrogen-bond acceptors (Lipinski definition) is 2. The van der Waals surface area contributed by atoms with E-state index < -0.39 is 5.82 Å². The monoisotopic (exact) mass is 437 g/mol. The zero-order chi connectivity index (χ0) is 21.5. The normalized spacial score (nSPS) is 16.4. The fourth-order valence-corrected chi connectivity index (χ4v) is 4.41. The Morgan fingerprint density at radius 2 is 1.84 bits per heavy atom. The number of nitrogens with zero attached hydrogens (tertiary/aromatic N) is 3. The molecule has 0 spiro atoms. The Balaban J connectivity index is 1.56. The quantitative estimate of drug-likeness (QED) is 0.420. The molecule has 156 valence electrons. The number of aromatic nitrogens is 2. The van der Waals surface area contributed by atoms with Gasteiger partial charge in [-0.3, -0.25) is 4.79 Å². The van der Waals surface area contributed by atoms with Crippen molar-refractivity contribution in [3.63, 3.8) is 0 Å². The van der Waals surface area contributed by atoms with E-state index in [0.29, 0.717) is 28.6 Å². The molecular formula is C24H18ClF2N3O. The van der Waals surface area contributed by atoms with E-state index in [2.05, 4.69) is 0 Å². The zero-order valence-electron chi connectivity index (χ0n) is 16.4. The molecule has 3 aromatic carbocycles. The molecule has 1 atom stereocenters. The molecule has 0 N–H and O–H groups in total. The fourth-order valence-electron chi connectivity index (χ4n) is 4.19. The largest absolute Gasteiger partial charge is 0.323 e. The van der Waals surface area contributed by atoms with E-state index in [1.807, 2.05) is 28.8 Å². The molecule has 1 aromatic heterocycles. The molecule has 1 aliphatic rings. The number of fused-ring (bicyclic) bond motifs is 1. The summed E-state index contributed by atoms with van der Waals surface area (Å²) in [6.07, 6.45) is 0.241. The Hall–Kier alpha value is -3.25. The third-order valence-corrected chi connectivity index (χ3v) is 6.03. The molecule has 7 heteroatoms. The van der Waals surface area contributed by atoms with Gasteiger partial charge in [0.15, 0.2) is 0 Å². The third-order valence-electron chi connectivity index (χ3n) is 5.67. The molecule has 31 heavy (non-hydrogen) atoms. The van der Waals surface area contributed by atoms with Gasteiger partial charge in [-0.2, -0.15) is 0 Å². The van der Waals surface area contributed by atoms with E-state index in [1.54, 1.807) is 29.2 Å². The average Bonchev–Trinajstić information content (AvgIpc) is 3.31. The molecular weight excluding hydrogens is 420 g/mol. The molecule has 0 radical (unpaired) electrons. The van der Waals surface area contributed by atoms with E-state index in [0.717, 1.165) is 11.0 Å². The standard InChI is InChI=1S/C24H18ClF2N3O/c25-19-7-4-8-20(27)18(19)14-30-22-10-2-1-9-21(22)28-24(30)15-11-23(31)29(13-15)17-6-3-5-16(26)12-17/h1-10,12,15H,11,13-14H2. The third kappa shape index (κ3) is 3.57. The lowest BCUT2D eigenvalue weighted by atomic mass is 10.1. The van der Waals surface area contributed by atoms with Gasteiger partial charge in [0.1, 0.15) is 17.5 Å². The molecule has 1 unspecified atom stereocenters. The van der Waals surface area contributed by atoms with E-state index in [1.165, 1.54) is 18.2 Å². The number of benzene rings is 3. The Morgan fingerprint density at radius 1 is 1.03 bits per heavy atom. The highest BCUT2D eigenvalue weighted by molar-refractivity contribution is 6.31. The smallest absolute Gasteiger partial charge is 0.227 e. The van der Waals surface area contributed by atoms with Crippen LogP contribution in [0.3, 0.4) is 0 Å². The minimum atomic E-state index is -0.393. The number of hydrogen-bond donors (Lipinski definition) is 0. The highest BCUT2D eigenvalue weighted by Crippen LogP contribution is 2.34. The molecule has 1 aliphatic heterocycles. The lowest BCUT2D eigenvalue weighted by molar-refractivity contribution is -0.117. The minimum Gasteiger partial charge on any atom is -0.323 e. The van der Waals surface area contributed by atoms with E-state index in [4.69, 9.17) is 16.6 Å². The summed E-state index contributed by atoms with van der Waals surface area (Å²) in [5, 5.41) is 0.340. The first kappa shape index (κ1) is 19.7. The summed E-state index contributed by atoms with van der Waals surface area (Å²) < 4.78 is 30.1. The van der Waals surface area contributed by atoms with Gasteiger partial charge in [0.05, 0.1) is 17.6 Å². The summed E-state index contributed by atoms with van der Waals surface area (Å²) in [7, 11) is 0. The number of anilines is 1. The van der Waals surface area contributed by atoms with Crippen molar-refractivity contribution < 1.29 is 13.6 Å². The molecule has 0 aliphatic carbocycles. The lowest BCUT2D eigenvalue weighted by Crippen LogP contribution is -2.24. The van der Waals surface area contributed by atoms with Gasteiger partial charge in [0.25, 0.3) is 0 Å². The van der Waals surface area contributed by atoms with Crippen LogP contribution in [-0.2, 0) is 11.3 Å². The number of imidazole rings is 1. The SMILES string of the molecule is O=C1CC(c2nc3ccccc3n2Cc2c(F)cccc2Cl)CN1c1cccc(F)c1. The van der Waals surface area contributed by atoms with Gasteiger partial charge >= 0.3 is 0 Å². The van der Waals surface area contributed by atoms with Crippen LogP contribution in [0.1, 0.15) is 23.7 Å². The van der Waals surface area contributed by atoms with Gasteiger partial charge in [-0.1, -0.05) is 35.9 Å². The summed E-state index contributed by atoms with van der Waals surface area (Å²) in [5.41, 5.74) is 2.50. The maximum atomic E-state index is 14.5. The van der Waals surface area contributed by atoms with Crippen molar-refractivity contribution in [2.75, 3.05) is 11.4 Å². The summed E-state index contributed by atoms with van der Waals surface area (Å²) in [5.74, 6) is -0.407. The van der Waals surface area contributed by atoms with Gasteiger partial charge < -0.3 is 9.47 Å². The maximum Gasteiger partial charge on any atom is 0.227 e. The molecule has 5 rings (SSSR count). The average molecular weight is 438 g/mol.